The van der Waals surface area contributed by atoms with E-state index in [-0.39, 0.29) is 6.61 Å². The van der Waals surface area contributed by atoms with Gasteiger partial charge in [-0.3, -0.25) is 0 Å². The average Bonchev–Trinajstić information content (AvgIpc) is 2.94. The van der Waals surface area contributed by atoms with E-state index in [1.807, 2.05) is 24.3 Å². The summed E-state index contributed by atoms with van der Waals surface area (Å²) in [5, 5.41) is 12.0. The fourth-order valence-electron chi connectivity index (χ4n) is 1.83. The summed E-state index contributed by atoms with van der Waals surface area (Å²) in [5.41, 5.74) is 1.19. The highest BCUT2D eigenvalue weighted by Gasteiger charge is 2.03. The first-order chi connectivity index (χ1) is 10.3. The molecule has 6 heteroatoms. The SMILES string of the molecule is COCc1ccc(CNc2cc(CSCCO)ccn2)o1. The largest absolute Gasteiger partial charge is 0.462 e. The molecule has 0 aliphatic heterocycles. The van der Waals surface area contributed by atoms with Crippen molar-refractivity contribution in [1.82, 2.24) is 4.98 Å². The monoisotopic (exact) mass is 308 g/mol. The van der Waals surface area contributed by atoms with E-state index in [4.69, 9.17) is 14.3 Å². The molecule has 0 radical (unpaired) electrons. The van der Waals surface area contributed by atoms with Crippen LogP contribution < -0.4 is 5.32 Å². The number of hydrogen-bond donors (Lipinski definition) is 2. The Morgan fingerprint density at radius 1 is 1.33 bits per heavy atom. The quantitative estimate of drug-likeness (QED) is 0.694. The molecule has 21 heavy (non-hydrogen) atoms. The van der Waals surface area contributed by atoms with Crippen molar-refractivity contribution in [3.63, 3.8) is 0 Å². The van der Waals surface area contributed by atoms with Gasteiger partial charge in [0.2, 0.25) is 0 Å². The molecule has 2 rings (SSSR count). The molecule has 0 saturated carbocycles. The van der Waals surface area contributed by atoms with Crippen molar-refractivity contribution in [1.29, 1.82) is 0 Å². The Balaban J connectivity index is 1.85. The molecule has 2 aromatic rings. The van der Waals surface area contributed by atoms with Gasteiger partial charge in [0.1, 0.15) is 23.9 Å². The number of nitrogens with one attached hydrogen (secondary N) is 1. The lowest BCUT2D eigenvalue weighted by molar-refractivity contribution is 0.163. The molecule has 0 atom stereocenters. The third kappa shape index (κ3) is 5.41. The molecule has 5 nitrogen and oxygen atoms in total. The van der Waals surface area contributed by atoms with E-state index in [9.17, 15) is 0 Å². The molecule has 0 saturated heterocycles. The molecule has 2 N–H and O–H groups in total. The summed E-state index contributed by atoms with van der Waals surface area (Å²) in [6.07, 6.45) is 1.79. The summed E-state index contributed by atoms with van der Waals surface area (Å²) in [6.45, 7) is 1.28. The van der Waals surface area contributed by atoms with E-state index in [0.29, 0.717) is 13.2 Å². The topological polar surface area (TPSA) is 67.5 Å². The summed E-state index contributed by atoms with van der Waals surface area (Å²) in [4.78, 5) is 4.29. The first kappa shape index (κ1) is 15.9. The molecule has 2 heterocycles. The van der Waals surface area contributed by atoms with Gasteiger partial charge >= 0.3 is 0 Å². The van der Waals surface area contributed by atoms with E-state index in [2.05, 4.69) is 10.3 Å². The van der Waals surface area contributed by atoms with Gasteiger partial charge < -0.3 is 19.6 Å². The van der Waals surface area contributed by atoms with Crippen molar-refractivity contribution < 1.29 is 14.3 Å². The number of pyridine rings is 1. The van der Waals surface area contributed by atoms with Crippen LogP contribution >= 0.6 is 11.8 Å². The Morgan fingerprint density at radius 2 is 2.19 bits per heavy atom. The second kappa shape index (κ2) is 8.71. The van der Waals surface area contributed by atoms with Gasteiger partial charge in [0.05, 0.1) is 13.2 Å². The fourth-order valence-corrected chi connectivity index (χ4v) is 2.52. The van der Waals surface area contributed by atoms with Gasteiger partial charge in [0.25, 0.3) is 0 Å². The number of hydrogen-bond acceptors (Lipinski definition) is 6. The highest BCUT2D eigenvalue weighted by molar-refractivity contribution is 7.98. The Morgan fingerprint density at radius 3 is 3.00 bits per heavy atom. The Bertz CT molecular complexity index is 545. The van der Waals surface area contributed by atoms with Crippen LogP contribution in [0.15, 0.2) is 34.9 Å². The predicted molar refractivity (Wildman–Crippen MR) is 84.2 cm³/mol. The third-order valence-corrected chi connectivity index (χ3v) is 3.79. The van der Waals surface area contributed by atoms with Crippen LogP contribution in [0.1, 0.15) is 17.1 Å². The Hall–Kier alpha value is -1.50. The average molecular weight is 308 g/mol. The van der Waals surface area contributed by atoms with Gasteiger partial charge in [-0.15, -0.1) is 0 Å². The van der Waals surface area contributed by atoms with Crippen LogP contribution in [0, 0.1) is 0 Å². The molecular weight excluding hydrogens is 288 g/mol. The Labute approximate surface area is 128 Å². The van der Waals surface area contributed by atoms with Gasteiger partial charge in [-0.1, -0.05) is 0 Å². The second-order valence-corrected chi connectivity index (χ2v) is 5.59. The molecule has 0 fully saturated rings. The van der Waals surface area contributed by atoms with Crippen LogP contribution in [0.4, 0.5) is 5.82 Å². The number of furan rings is 1. The highest BCUT2D eigenvalue weighted by Crippen LogP contribution is 2.15. The second-order valence-electron chi connectivity index (χ2n) is 4.48. The summed E-state index contributed by atoms with van der Waals surface area (Å²) < 4.78 is 10.6. The van der Waals surface area contributed by atoms with E-state index in [1.165, 1.54) is 5.56 Å². The molecule has 0 bridgehead atoms. The van der Waals surface area contributed by atoms with Crippen LogP contribution in [-0.2, 0) is 23.6 Å². The van der Waals surface area contributed by atoms with Gasteiger partial charge in [-0.2, -0.15) is 11.8 Å². The summed E-state index contributed by atoms with van der Waals surface area (Å²) in [6, 6.07) is 7.85. The molecule has 114 valence electrons. The van der Waals surface area contributed by atoms with Gasteiger partial charge in [-0.25, -0.2) is 4.98 Å². The standard InChI is InChI=1S/C15H20N2O3S/c1-19-10-14-3-2-13(20-14)9-17-15-8-12(4-5-16-15)11-21-7-6-18/h2-5,8,18H,6-7,9-11H2,1H3,(H,16,17). The van der Waals surface area contributed by atoms with Crippen molar-refractivity contribution >= 4 is 17.6 Å². The normalized spacial score (nSPS) is 10.8. The highest BCUT2D eigenvalue weighted by atomic mass is 32.2. The molecule has 0 unspecified atom stereocenters. The smallest absolute Gasteiger partial charge is 0.129 e. The molecular formula is C15H20N2O3S. The lowest BCUT2D eigenvalue weighted by Crippen LogP contribution is -2.01. The summed E-state index contributed by atoms with van der Waals surface area (Å²) in [5.74, 6) is 4.11. The Kier molecular flexibility index (Phi) is 6.59. The van der Waals surface area contributed by atoms with Gasteiger partial charge in [0, 0.05) is 24.8 Å². The molecule has 0 aliphatic carbocycles. The summed E-state index contributed by atoms with van der Waals surface area (Å²) in [7, 11) is 1.64. The molecule has 0 spiro atoms. The van der Waals surface area contributed by atoms with Gasteiger partial charge in [-0.05, 0) is 29.8 Å². The molecule has 0 aliphatic rings. The van der Waals surface area contributed by atoms with Crippen LogP contribution in [0.5, 0.6) is 0 Å². The summed E-state index contributed by atoms with van der Waals surface area (Å²) >= 11 is 1.70. The van der Waals surface area contributed by atoms with Crippen LogP contribution in [0.25, 0.3) is 0 Å². The predicted octanol–water partition coefficient (Wildman–Crippen LogP) is 2.66. The zero-order valence-corrected chi connectivity index (χ0v) is 12.9. The number of ether oxygens (including phenoxy) is 1. The van der Waals surface area contributed by atoms with Crippen LogP contribution in [0.3, 0.4) is 0 Å². The number of aromatic nitrogens is 1. The zero-order chi connectivity index (χ0) is 14.9. The van der Waals surface area contributed by atoms with Crippen molar-refractivity contribution in [3.05, 3.63) is 47.5 Å². The number of nitrogens with zero attached hydrogens (tertiary/aromatic N) is 1. The minimum Gasteiger partial charge on any atom is -0.462 e. The van der Waals surface area contributed by atoms with Crippen molar-refractivity contribution in [2.75, 3.05) is 24.8 Å². The molecule has 0 aromatic carbocycles. The first-order valence-electron chi connectivity index (χ1n) is 6.75. The lowest BCUT2D eigenvalue weighted by Gasteiger charge is -2.06. The maximum Gasteiger partial charge on any atom is 0.129 e. The van der Waals surface area contributed by atoms with Gasteiger partial charge in [0.15, 0.2) is 0 Å². The number of thioether (sulfide) groups is 1. The van der Waals surface area contributed by atoms with Crippen molar-refractivity contribution in [3.8, 4) is 0 Å². The lowest BCUT2D eigenvalue weighted by atomic mass is 10.3. The third-order valence-electron chi connectivity index (χ3n) is 2.78. The number of methoxy groups -OCH3 is 1. The molecule has 2 aromatic heterocycles. The number of aliphatic hydroxyl groups excluding tert-OH is 1. The number of rotatable bonds is 9. The van der Waals surface area contributed by atoms with Crippen molar-refractivity contribution in [2.24, 2.45) is 0 Å². The number of aliphatic hydroxyl groups is 1. The first-order valence-corrected chi connectivity index (χ1v) is 7.91. The fraction of sp³-hybridized carbons (Fsp3) is 0.400. The van der Waals surface area contributed by atoms with E-state index in [1.54, 1.807) is 25.1 Å². The van der Waals surface area contributed by atoms with Crippen LogP contribution in [0.2, 0.25) is 0 Å². The number of anilines is 1. The van der Waals surface area contributed by atoms with E-state index < -0.39 is 0 Å². The van der Waals surface area contributed by atoms with Crippen LogP contribution in [-0.4, -0.2) is 29.6 Å². The minimum absolute atomic E-state index is 0.211. The minimum atomic E-state index is 0.211. The maximum atomic E-state index is 8.78. The maximum absolute atomic E-state index is 8.78. The van der Waals surface area contributed by atoms with E-state index >= 15 is 0 Å². The van der Waals surface area contributed by atoms with E-state index in [0.717, 1.165) is 28.8 Å². The zero-order valence-electron chi connectivity index (χ0n) is 12.0. The van der Waals surface area contributed by atoms with Crippen molar-refractivity contribution in [2.45, 2.75) is 18.9 Å². The molecule has 0 amide bonds.